The van der Waals surface area contributed by atoms with Gasteiger partial charge in [-0.25, -0.2) is 0 Å². The minimum Gasteiger partial charge on any atom is -0.488 e. The van der Waals surface area contributed by atoms with Gasteiger partial charge in [0.15, 0.2) is 0 Å². The molecule has 0 aromatic carbocycles. The molecule has 3 heteroatoms. The number of hydrogen-bond acceptors (Lipinski definition) is 3. The summed E-state index contributed by atoms with van der Waals surface area (Å²) in [4.78, 5) is 11.0. The molecule has 3 aliphatic rings. The average molecular weight is 214 g/mol. The summed E-state index contributed by atoms with van der Waals surface area (Å²) in [5, 5.41) is 0. The number of aldehydes is 1. The largest absolute Gasteiger partial charge is 0.488 e. The second-order valence-corrected chi connectivity index (χ2v) is 3.74. The van der Waals surface area contributed by atoms with Crippen molar-refractivity contribution >= 4 is 6.29 Å². The molecule has 0 amide bonds. The Morgan fingerprint density at radius 2 is 2.25 bits per heavy atom. The van der Waals surface area contributed by atoms with Gasteiger partial charge in [-0.2, -0.15) is 0 Å². The van der Waals surface area contributed by atoms with Gasteiger partial charge in [-0.3, -0.25) is 4.79 Å². The molecular weight excluding hydrogens is 204 g/mol. The molecule has 0 aromatic heterocycles. The van der Waals surface area contributed by atoms with E-state index in [0.29, 0.717) is 24.4 Å². The third kappa shape index (κ3) is 1.25. The second-order valence-electron chi connectivity index (χ2n) is 3.74. The first-order chi connectivity index (χ1) is 7.90. The van der Waals surface area contributed by atoms with Crippen molar-refractivity contribution in [3.05, 3.63) is 58.8 Å². The molecule has 2 aliphatic heterocycles. The summed E-state index contributed by atoms with van der Waals surface area (Å²) in [5.74, 6) is 1.47. The van der Waals surface area contributed by atoms with Gasteiger partial charge in [-0.05, 0) is 23.8 Å². The standard InChI is InChI=1S/C13H10O3/c14-8-10-7-9-3-1-5-15-12(9)11-4-2-6-16-13(10)11/h1-4,6,8H,5,7H2. The fourth-order valence-corrected chi connectivity index (χ4v) is 2.07. The van der Waals surface area contributed by atoms with Crippen LogP contribution in [0.3, 0.4) is 0 Å². The molecule has 2 heterocycles. The van der Waals surface area contributed by atoms with Crippen LogP contribution in [0.5, 0.6) is 0 Å². The highest BCUT2D eigenvalue weighted by atomic mass is 16.5. The predicted molar refractivity (Wildman–Crippen MR) is 58.1 cm³/mol. The van der Waals surface area contributed by atoms with Crippen LogP contribution >= 0.6 is 0 Å². The Kier molecular flexibility index (Phi) is 2.03. The van der Waals surface area contributed by atoms with Crippen LogP contribution in [0.15, 0.2) is 58.8 Å². The number of hydrogen-bond donors (Lipinski definition) is 0. The lowest BCUT2D eigenvalue weighted by Gasteiger charge is -2.27. The van der Waals surface area contributed by atoms with Crippen LogP contribution in [0.25, 0.3) is 0 Å². The molecule has 0 fully saturated rings. The van der Waals surface area contributed by atoms with Crippen molar-refractivity contribution in [3.8, 4) is 0 Å². The topological polar surface area (TPSA) is 35.5 Å². The predicted octanol–water partition coefficient (Wildman–Crippen LogP) is 2.15. The van der Waals surface area contributed by atoms with Crippen molar-refractivity contribution in [1.29, 1.82) is 0 Å². The third-order valence-electron chi connectivity index (χ3n) is 2.77. The summed E-state index contributed by atoms with van der Waals surface area (Å²) in [5.41, 5.74) is 2.59. The lowest BCUT2D eigenvalue weighted by molar-refractivity contribution is -0.105. The highest BCUT2D eigenvalue weighted by Gasteiger charge is 2.28. The van der Waals surface area contributed by atoms with Gasteiger partial charge < -0.3 is 9.47 Å². The van der Waals surface area contributed by atoms with E-state index in [1.165, 1.54) is 0 Å². The molecule has 0 radical (unpaired) electrons. The normalized spacial score (nSPS) is 21.9. The number of carbonyl (C=O) groups excluding carboxylic acids is 1. The third-order valence-corrected chi connectivity index (χ3v) is 2.77. The zero-order chi connectivity index (χ0) is 11.0. The molecule has 0 bridgehead atoms. The van der Waals surface area contributed by atoms with Crippen molar-refractivity contribution < 1.29 is 14.3 Å². The highest BCUT2D eigenvalue weighted by molar-refractivity contribution is 5.79. The average Bonchev–Trinajstić information content (AvgIpc) is 2.38. The van der Waals surface area contributed by atoms with Gasteiger partial charge >= 0.3 is 0 Å². The minimum atomic E-state index is 0.573. The molecule has 80 valence electrons. The van der Waals surface area contributed by atoms with Gasteiger partial charge in [0.05, 0.1) is 11.8 Å². The van der Waals surface area contributed by atoms with Crippen molar-refractivity contribution in [1.82, 2.24) is 0 Å². The van der Waals surface area contributed by atoms with Crippen LogP contribution < -0.4 is 0 Å². The quantitative estimate of drug-likeness (QED) is 0.627. The van der Waals surface area contributed by atoms with Crippen LogP contribution in [0.4, 0.5) is 0 Å². The number of fused-ring (bicyclic) bond motifs is 2. The van der Waals surface area contributed by atoms with E-state index in [1.807, 2.05) is 18.2 Å². The summed E-state index contributed by atoms with van der Waals surface area (Å²) in [6.45, 7) is 0.573. The van der Waals surface area contributed by atoms with Crippen LogP contribution in [0.1, 0.15) is 6.42 Å². The molecule has 0 saturated heterocycles. The summed E-state index contributed by atoms with van der Waals surface area (Å²) in [6, 6.07) is 0. The van der Waals surface area contributed by atoms with Crippen LogP contribution in [-0.2, 0) is 14.3 Å². The maximum absolute atomic E-state index is 11.0. The fraction of sp³-hybridized carbons (Fsp3) is 0.154. The first-order valence-corrected chi connectivity index (χ1v) is 5.15. The van der Waals surface area contributed by atoms with Crippen LogP contribution in [-0.4, -0.2) is 12.9 Å². The summed E-state index contributed by atoms with van der Waals surface area (Å²) in [7, 11) is 0. The van der Waals surface area contributed by atoms with E-state index in [0.717, 1.165) is 23.2 Å². The van der Waals surface area contributed by atoms with E-state index < -0.39 is 0 Å². The number of rotatable bonds is 1. The SMILES string of the molecule is O=CC1=C2OC=CC=C2C2=C(C=CCO2)C1. The van der Waals surface area contributed by atoms with Gasteiger partial charge in [-0.1, -0.05) is 6.08 Å². The summed E-state index contributed by atoms with van der Waals surface area (Å²) < 4.78 is 11.0. The fourth-order valence-electron chi connectivity index (χ4n) is 2.07. The van der Waals surface area contributed by atoms with Crippen molar-refractivity contribution in [2.45, 2.75) is 6.42 Å². The maximum atomic E-state index is 11.0. The molecule has 3 rings (SSSR count). The van der Waals surface area contributed by atoms with E-state index in [-0.39, 0.29) is 0 Å². The molecule has 0 atom stereocenters. The minimum absolute atomic E-state index is 0.573. The molecule has 0 spiro atoms. The van der Waals surface area contributed by atoms with E-state index in [9.17, 15) is 4.79 Å². The Balaban J connectivity index is 2.15. The maximum Gasteiger partial charge on any atom is 0.150 e. The summed E-state index contributed by atoms with van der Waals surface area (Å²) >= 11 is 0. The van der Waals surface area contributed by atoms with Crippen LogP contribution in [0.2, 0.25) is 0 Å². The van der Waals surface area contributed by atoms with Gasteiger partial charge in [0.1, 0.15) is 24.4 Å². The van der Waals surface area contributed by atoms with Crippen molar-refractivity contribution in [3.63, 3.8) is 0 Å². The second kappa shape index (κ2) is 3.52. The Bertz CT molecular complexity index is 501. The highest BCUT2D eigenvalue weighted by Crippen LogP contribution is 2.38. The Hall–Kier alpha value is -2.03. The lowest BCUT2D eigenvalue weighted by Crippen LogP contribution is -2.15. The summed E-state index contributed by atoms with van der Waals surface area (Å²) in [6.07, 6.45) is 10.7. The first-order valence-electron chi connectivity index (χ1n) is 5.15. The Morgan fingerprint density at radius 1 is 1.31 bits per heavy atom. The van der Waals surface area contributed by atoms with Crippen LogP contribution in [0, 0.1) is 0 Å². The lowest BCUT2D eigenvalue weighted by atomic mass is 9.90. The van der Waals surface area contributed by atoms with Crippen molar-refractivity contribution in [2.24, 2.45) is 0 Å². The Labute approximate surface area is 93.0 Å². The van der Waals surface area contributed by atoms with Crippen molar-refractivity contribution in [2.75, 3.05) is 6.61 Å². The molecule has 0 saturated carbocycles. The number of allylic oxidation sites excluding steroid dienone is 5. The van der Waals surface area contributed by atoms with E-state index in [1.54, 1.807) is 12.3 Å². The van der Waals surface area contributed by atoms with E-state index in [4.69, 9.17) is 9.47 Å². The number of carbonyl (C=O) groups is 1. The van der Waals surface area contributed by atoms with Gasteiger partial charge in [0.2, 0.25) is 0 Å². The first kappa shape index (κ1) is 9.21. The zero-order valence-corrected chi connectivity index (χ0v) is 8.60. The monoisotopic (exact) mass is 214 g/mol. The molecule has 3 nitrogen and oxygen atoms in total. The molecule has 0 N–H and O–H groups in total. The van der Waals surface area contributed by atoms with Gasteiger partial charge in [-0.15, -0.1) is 0 Å². The van der Waals surface area contributed by atoms with E-state index >= 15 is 0 Å². The Morgan fingerprint density at radius 3 is 3.12 bits per heavy atom. The molecular formula is C13H10O3. The smallest absolute Gasteiger partial charge is 0.150 e. The van der Waals surface area contributed by atoms with Gasteiger partial charge in [0.25, 0.3) is 0 Å². The molecule has 16 heavy (non-hydrogen) atoms. The molecule has 0 aromatic rings. The zero-order valence-electron chi connectivity index (χ0n) is 8.60. The molecule has 0 unspecified atom stereocenters. The van der Waals surface area contributed by atoms with Gasteiger partial charge in [0, 0.05) is 12.0 Å². The number of ether oxygens (including phenoxy) is 2. The molecule has 1 aliphatic carbocycles. The van der Waals surface area contributed by atoms with E-state index in [2.05, 4.69) is 0 Å².